The minimum atomic E-state index is -0.242. The molecule has 8 atom stereocenters. The Balaban J connectivity index is 1.51. The van der Waals surface area contributed by atoms with Crippen LogP contribution in [0.15, 0.2) is 0 Å². The molecule has 4 aliphatic rings. The first-order valence-electron chi connectivity index (χ1n) is 11.6. The fourth-order valence-electron chi connectivity index (χ4n) is 8.34. The van der Waals surface area contributed by atoms with E-state index >= 15 is 0 Å². The number of methoxy groups -OCH3 is 1. The first-order chi connectivity index (χ1) is 13.3. The first-order valence-corrected chi connectivity index (χ1v) is 11.6. The van der Waals surface area contributed by atoms with Gasteiger partial charge in [0.05, 0.1) is 13.2 Å². The van der Waals surface area contributed by atoms with E-state index in [0.717, 1.165) is 38.5 Å². The number of aliphatic hydroxyl groups is 1. The van der Waals surface area contributed by atoms with Gasteiger partial charge in [0.1, 0.15) is 5.78 Å². The fraction of sp³-hybridized carbons (Fsp3) is 0.917. The van der Waals surface area contributed by atoms with Gasteiger partial charge < -0.3 is 9.84 Å². The molecule has 4 aliphatic carbocycles. The summed E-state index contributed by atoms with van der Waals surface area (Å²) in [6, 6.07) is 0. The van der Waals surface area contributed by atoms with Gasteiger partial charge in [-0.25, -0.2) is 0 Å². The van der Waals surface area contributed by atoms with Crippen LogP contribution in [-0.2, 0) is 14.3 Å². The summed E-state index contributed by atoms with van der Waals surface area (Å²) in [5.41, 5.74) is 0.338. The zero-order valence-corrected chi connectivity index (χ0v) is 17.9. The number of hydrogen-bond donors (Lipinski definition) is 1. The van der Waals surface area contributed by atoms with E-state index in [2.05, 4.69) is 13.8 Å². The number of hydrogen-bond acceptors (Lipinski definition) is 4. The molecule has 0 aliphatic heterocycles. The van der Waals surface area contributed by atoms with Crippen LogP contribution in [0.25, 0.3) is 0 Å². The van der Waals surface area contributed by atoms with Gasteiger partial charge in [0.15, 0.2) is 0 Å². The maximum atomic E-state index is 12.1. The van der Waals surface area contributed by atoms with E-state index in [0.29, 0.717) is 48.2 Å². The van der Waals surface area contributed by atoms with Crippen LogP contribution < -0.4 is 0 Å². The Labute approximate surface area is 169 Å². The molecule has 4 saturated carbocycles. The van der Waals surface area contributed by atoms with E-state index in [1.165, 1.54) is 26.4 Å². The maximum Gasteiger partial charge on any atom is 0.305 e. The Kier molecular flexibility index (Phi) is 5.39. The van der Waals surface area contributed by atoms with Crippen LogP contribution >= 0.6 is 0 Å². The van der Waals surface area contributed by atoms with Crippen LogP contribution in [0.3, 0.4) is 0 Å². The van der Waals surface area contributed by atoms with E-state index in [-0.39, 0.29) is 22.9 Å². The van der Waals surface area contributed by atoms with Crippen molar-refractivity contribution in [3.8, 4) is 0 Å². The Morgan fingerprint density at radius 3 is 2.71 bits per heavy atom. The number of ketones is 1. The molecule has 1 N–H and O–H groups in total. The zero-order valence-electron chi connectivity index (χ0n) is 17.9. The van der Waals surface area contributed by atoms with Gasteiger partial charge >= 0.3 is 5.97 Å². The lowest BCUT2D eigenvalue weighted by Gasteiger charge is -2.61. The minimum Gasteiger partial charge on any atom is -0.469 e. The predicted molar refractivity (Wildman–Crippen MR) is 107 cm³/mol. The Bertz CT molecular complexity index is 630. The lowest BCUT2D eigenvalue weighted by atomic mass is 9.44. The van der Waals surface area contributed by atoms with E-state index < -0.39 is 0 Å². The number of fused-ring (bicyclic) bond motifs is 5. The average Bonchev–Trinajstić information content (AvgIpc) is 2.97. The van der Waals surface area contributed by atoms with Crippen molar-refractivity contribution in [2.75, 3.05) is 7.11 Å². The van der Waals surface area contributed by atoms with Gasteiger partial charge in [-0.05, 0) is 91.8 Å². The van der Waals surface area contributed by atoms with Crippen molar-refractivity contribution in [1.82, 2.24) is 0 Å². The van der Waals surface area contributed by atoms with Crippen LogP contribution in [0.4, 0.5) is 0 Å². The average molecular weight is 391 g/mol. The molecule has 28 heavy (non-hydrogen) atoms. The number of Topliss-reactive ketones (excluding diaryl/α,β-unsaturated/α-hetero) is 1. The summed E-state index contributed by atoms with van der Waals surface area (Å²) in [6.45, 7) is 4.81. The molecular weight excluding hydrogens is 352 g/mol. The van der Waals surface area contributed by atoms with Gasteiger partial charge in [0.25, 0.3) is 0 Å². The molecule has 4 rings (SSSR count). The van der Waals surface area contributed by atoms with E-state index in [9.17, 15) is 14.7 Å². The SMILES string of the molecule is COC(=O)CCCC1CCC2C3CCC4CC(=O)CCC4(C)C3C(O)CC12C. The summed E-state index contributed by atoms with van der Waals surface area (Å²) in [6.07, 6.45) is 10.4. The molecular formula is C24H38O4. The van der Waals surface area contributed by atoms with Crippen molar-refractivity contribution in [2.45, 2.75) is 90.6 Å². The highest BCUT2D eigenvalue weighted by Crippen LogP contribution is 2.67. The Hall–Kier alpha value is -0.900. The van der Waals surface area contributed by atoms with Gasteiger partial charge in [0, 0.05) is 19.3 Å². The second kappa shape index (κ2) is 7.41. The quantitative estimate of drug-likeness (QED) is 0.717. The zero-order chi connectivity index (χ0) is 20.1. The number of rotatable bonds is 4. The molecule has 158 valence electrons. The lowest BCUT2D eigenvalue weighted by molar-refractivity contribution is -0.172. The highest BCUT2D eigenvalue weighted by molar-refractivity contribution is 5.79. The molecule has 0 radical (unpaired) electrons. The number of aliphatic hydroxyl groups excluding tert-OH is 1. The fourth-order valence-corrected chi connectivity index (χ4v) is 8.34. The molecule has 0 saturated heterocycles. The molecule has 0 aromatic carbocycles. The van der Waals surface area contributed by atoms with Crippen molar-refractivity contribution in [2.24, 2.45) is 40.4 Å². The van der Waals surface area contributed by atoms with Crippen molar-refractivity contribution < 1.29 is 19.4 Å². The summed E-state index contributed by atoms with van der Waals surface area (Å²) in [7, 11) is 1.46. The van der Waals surface area contributed by atoms with Crippen molar-refractivity contribution in [1.29, 1.82) is 0 Å². The van der Waals surface area contributed by atoms with Crippen molar-refractivity contribution in [3.63, 3.8) is 0 Å². The molecule has 0 heterocycles. The van der Waals surface area contributed by atoms with Gasteiger partial charge in [-0.3, -0.25) is 9.59 Å². The van der Waals surface area contributed by atoms with Gasteiger partial charge in [-0.2, -0.15) is 0 Å². The van der Waals surface area contributed by atoms with Crippen LogP contribution in [0.1, 0.15) is 84.5 Å². The monoisotopic (exact) mass is 390 g/mol. The highest BCUT2D eigenvalue weighted by atomic mass is 16.5. The smallest absolute Gasteiger partial charge is 0.305 e. The van der Waals surface area contributed by atoms with Crippen LogP contribution in [0.2, 0.25) is 0 Å². The van der Waals surface area contributed by atoms with Crippen LogP contribution in [0, 0.1) is 40.4 Å². The Morgan fingerprint density at radius 1 is 1.18 bits per heavy atom. The number of carbonyl (C=O) groups excluding carboxylic acids is 2. The molecule has 0 bridgehead atoms. The summed E-state index contributed by atoms with van der Waals surface area (Å²) < 4.78 is 4.80. The Morgan fingerprint density at radius 2 is 1.96 bits per heavy atom. The lowest BCUT2D eigenvalue weighted by Crippen LogP contribution is -2.58. The van der Waals surface area contributed by atoms with Gasteiger partial charge in [-0.1, -0.05) is 13.8 Å². The van der Waals surface area contributed by atoms with Gasteiger partial charge in [-0.15, -0.1) is 0 Å². The maximum absolute atomic E-state index is 12.1. The molecule has 4 nitrogen and oxygen atoms in total. The molecule has 0 spiro atoms. The van der Waals surface area contributed by atoms with E-state index in [4.69, 9.17) is 4.74 Å². The number of carbonyl (C=O) groups is 2. The number of esters is 1. The van der Waals surface area contributed by atoms with Gasteiger partial charge in [0.2, 0.25) is 0 Å². The van der Waals surface area contributed by atoms with Crippen LogP contribution in [0.5, 0.6) is 0 Å². The summed E-state index contributed by atoms with van der Waals surface area (Å²) in [5, 5.41) is 11.4. The van der Waals surface area contributed by atoms with E-state index in [1.54, 1.807) is 0 Å². The van der Waals surface area contributed by atoms with Crippen LogP contribution in [-0.4, -0.2) is 30.1 Å². The highest BCUT2D eigenvalue weighted by Gasteiger charge is 2.62. The number of ether oxygens (including phenoxy) is 1. The molecule has 0 amide bonds. The largest absolute Gasteiger partial charge is 0.469 e. The third kappa shape index (κ3) is 3.14. The standard InChI is InChI=1S/C24H38O4/c1-23-12-11-17(25)13-16(23)7-9-18-19-10-8-15(5-4-6-21(27)28-3)24(19,2)14-20(26)22(18)23/h15-16,18-20,22,26H,4-14H2,1-3H3. The third-order valence-electron chi connectivity index (χ3n) is 9.77. The summed E-state index contributed by atoms with van der Waals surface area (Å²) >= 11 is 0. The minimum absolute atomic E-state index is 0.110. The van der Waals surface area contributed by atoms with Crippen molar-refractivity contribution >= 4 is 11.8 Å². The molecule has 8 unspecified atom stereocenters. The molecule has 0 aromatic rings. The summed E-state index contributed by atoms with van der Waals surface area (Å²) in [4.78, 5) is 23.5. The predicted octanol–water partition coefficient (Wildman–Crippen LogP) is 4.53. The molecule has 4 fully saturated rings. The second-order valence-electron chi connectivity index (χ2n) is 10.8. The topological polar surface area (TPSA) is 63.6 Å². The molecule has 0 aromatic heterocycles. The normalized spacial score (nSPS) is 47.8. The van der Waals surface area contributed by atoms with E-state index in [1.807, 2.05) is 0 Å². The second-order valence-corrected chi connectivity index (χ2v) is 10.8. The summed E-state index contributed by atoms with van der Waals surface area (Å²) in [5.74, 6) is 3.08. The third-order valence-corrected chi connectivity index (χ3v) is 9.77. The molecule has 4 heteroatoms. The first kappa shape index (κ1) is 20.4. The van der Waals surface area contributed by atoms with Crippen molar-refractivity contribution in [3.05, 3.63) is 0 Å².